The summed E-state index contributed by atoms with van der Waals surface area (Å²) in [6, 6.07) is 1.62. The molecule has 1 amide bonds. The molecular weight excluding hydrogens is 152 g/mol. The first-order valence-corrected chi connectivity index (χ1v) is 4.33. The van der Waals surface area contributed by atoms with Crippen LogP contribution in [0.2, 0.25) is 0 Å². The number of hydrogen-bond acceptors (Lipinski definition) is 2. The van der Waals surface area contributed by atoms with Gasteiger partial charge in [-0.15, -0.1) is 0 Å². The fourth-order valence-electron chi connectivity index (χ4n) is 1.48. The quantitative estimate of drug-likeness (QED) is 0.667. The highest BCUT2D eigenvalue weighted by Gasteiger charge is 2.31. The summed E-state index contributed by atoms with van der Waals surface area (Å²) >= 11 is 0. The Labute approximate surface area is 72.8 Å². The lowest BCUT2D eigenvalue weighted by Gasteiger charge is -2.31. The first-order chi connectivity index (χ1) is 5.63. The van der Waals surface area contributed by atoms with Crippen molar-refractivity contribution in [1.29, 1.82) is 5.26 Å². The number of nitrogens with zero attached hydrogens (tertiary/aromatic N) is 1. The average molecular weight is 166 g/mol. The Kier molecular flexibility index (Phi) is 2.69. The van der Waals surface area contributed by atoms with E-state index in [4.69, 9.17) is 5.26 Å². The van der Waals surface area contributed by atoms with Crippen LogP contribution < -0.4 is 5.32 Å². The summed E-state index contributed by atoms with van der Waals surface area (Å²) in [5.41, 5.74) is 0. The molecule has 1 rings (SSSR count). The van der Waals surface area contributed by atoms with Gasteiger partial charge in [-0.05, 0) is 25.7 Å². The summed E-state index contributed by atoms with van der Waals surface area (Å²) < 4.78 is 0. The van der Waals surface area contributed by atoms with E-state index in [-0.39, 0.29) is 17.9 Å². The fourth-order valence-corrected chi connectivity index (χ4v) is 1.48. The van der Waals surface area contributed by atoms with Crippen molar-refractivity contribution in [2.45, 2.75) is 32.7 Å². The third-order valence-electron chi connectivity index (χ3n) is 2.30. The maximum atomic E-state index is 11.3. The van der Waals surface area contributed by atoms with Gasteiger partial charge in [0, 0.05) is 5.92 Å². The fraction of sp³-hybridized carbons (Fsp3) is 0.778. The number of carbonyl (C=O) groups excluding carboxylic acids is 1. The summed E-state index contributed by atoms with van der Waals surface area (Å²) in [7, 11) is 0. The van der Waals surface area contributed by atoms with Crippen LogP contribution in [0.15, 0.2) is 0 Å². The van der Waals surface area contributed by atoms with Gasteiger partial charge in [0.1, 0.15) is 6.04 Å². The molecule has 0 aliphatic heterocycles. The minimum absolute atomic E-state index is 0.0437. The van der Waals surface area contributed by atoms with E-state index in [9.17, 15) is 4.79 Å². The van der Waals surface area contributed by atoms with E-state index in [1.807, 2.05) is 6.07 Å². The van der Waals surface area contributed by atoms with Crippen molar-refractivity contribution in [1.82, 2.24) is 5.32 Å². The maximum Gasteiger partial charge on any atom is 0.224 e. The molecule has 0 spiro atoms. The summed E-state index contributed by atoms with van der Waals surface area (Å²) in [6.07, 6.45) is 1.95. The zero-order valence-corrected chi connectivity index (χ0v) is 7.50. The van der Waals surface area contributed by atoms with Crippen LogP contribution >= 0.6 is 0 Å². The summed E-state index contributed by atoms with van der Waals surface area (Å²) in [4.78, 5) is 11.3. The minimum atomic E-state index is -0.353. The molecule has 66 valence electrons. The van der Waals surface area contributed by atoms with Gasteiger partial charge in [-0.3, -0.25) is 4.79 Å². The summed E-state index contributed by atoms with van der Waals surface area (Å²) in [5, 5.41) is 11.1. The molecule has 0 aromatic heterocycles. The van der Waals surface area contributed by atoms with Crippen molar-refractivity contribution in [2.24, 2.45) is 11.8 Å². The summed E-state index contributed by atoms with van der Waals surface area (Å²) in [5.74, 6) is 0.885. The third-order valence-corrected chi connectivity index (χ3v) is 2.30. The molecule has 3 heteroatoms. The van der Waals surface area contributed by atoms with Gasteiger partial charge < -0.3 is 5.32 Å². The van der Waals surface area contributed by atoms with Gasteiger partial charge >= 0.3 is 0 Å². The molecule has 12 heavy (non-hydrogen) atoms. The highest BCUT2D eigenvalue weighted by Crippen LogP contribution is 2.32. The van der Waals surface area contributed by atoms with Crippen molar-refractivity contribution >= 4 is 5.91 Å². The molecule has 1 fully saturated rings. The second-order valence-electron chi connectivity index (χ2n) is 3.63. The number of hydrogen-bond donors (Lipinski definition) is 1. The van der Waals surface area contributed by atoms with Crippen LogP contribution in [0.4, 0.5) is 0 Å². The van der Waals surface area contributed by atoms with Crippen LogP contribution in [0.25, 0.3) is 0 Å². The number of rotatable bonds is 2. The molecule has 1 saturated carbocycles. The van der Waals surface area contributed by atoms with E-state index in [1.54, 1.807) is 6.92 Å². The number of nitrogens with one attached hydrogen (secondary N) is 1. The van der Waals surface area contributed by atoms with Gasteiger partial charge in [0.2, 0.25) is 5.91 Å². The lowest BCUT2D eigenvalue weighted by atomic mass is 9.75. The molecular formula is C9H14N2O. The van der Waals surface area contributed by atoms with Crippen LogP contribution in [0.5, 0.6) is 0 Å². The van der Waals surface area contributed by atoms with Crippen LogP contribution in [0, 0.1) is 23.2 Å². The van der Waals surface area contributed by atoms with Crippen LogP contribution in [0.1, 0.15) is 26.7 Å². The Balaban J connectivity index is 2.26. The molecule has 0 radical (unpaired) electrons. The lowest BCUT2D eigenvalue weighted by molar-refractivity contribution is -0.129. The normalized spacial score (nSPS) is 29.8. The van der Waals surface area contributed by atoms with E-state index < -0.39 is 0 Å². The highest BCUT2D eigenvalue weighted by molar-refractivity contribution is 5.80. The Bertz CT molecular complexity index is 213. The molecule has 1 N–H and O–H groups in total. The van der Waals surface area contributed by atoms with E-state index in [2.05, 4.69) is 12.2 Å². The number of carbonyl (C=O) groups is 1. The SMILES string of the molecule is CC1CC(C(=O)N[C@@H](C)C#N)C1. The van der Waals surface area contributed by atoms with Gasteiger partial charge in [0.15, 0.2) is 0 Å². The first kappa shape index (κ1) is 9.05. The van der Waals surface area contributed by atoms with Gasteiger partial charge in [-0.1, -0.05) is 6.92 Å². The predicted molar refractivity (Wildman–Crippen MR) is 45.1 cm³/mol. The second-order valence-corrected chi connectivity index (χ2v) is 3.63. The molecule has 1 aliphatic rings. The second kappa shape index (κ2) is 3.57. The number of nitriles is 1. The van der Waals surface area contributed by atoms with Gasteiger partial charge in [0.25, 0.3) is 0 Å². The van der Waals surface area contributed by atoms with Crippen molar-refractivity contribution in [3.05, 3.63) is 0 Å². The smallest absolute Gasteiger partial charge is 0.224 e. The third kappa shape index (κ3) is 1.97. The van der Waals surface area contributed by atoms with Gasteiger partial charge in [-0.2, -0.15) is 5.26 Å². The molecule has 3 nitrogen and oxygen atoms in total. The topological polar surface area (TPSA) is 52.9 Å². The zero-order chi connectivity index (χ0) is 9.14. The van der Waals surface area contributed by atoms with Crippen LogP contribution in [-0.2, 0) is 4.79 Å². The molecule has 1 atom stereocenters. The minimum Gasteiger partial charge on any atom is -0.340 e. The van der Waals surface area contributed by atoms with Gasteiger partial charge in [-0.25, -0.2) is 0 Å². The largest absolute Gasteiger partial charge is 0.340 e. The van der Waals surface area contributed by atoms with E-state index in [0.29, 0.717) is 5.92 Å². The number of amides is 1. The van der Waals surface area contributed by atoms with Crippen molar-refractivity contribution in [3.8, 4) is 6.07 Å². The lowest BCUT2D eigenvalue weighted by Crippen LogP contribution is -2.41. The van der Waals surface area contributed by atoms with E-state index >= 15 is 0 Å². The molecule has 0 saturated heterocycles. The molecule has 0 bridgehead atoms. The van der Waals surface area contributed by atoms with Crippen molar-refractivity contribution < 1.29 is 4.79 Å². The standard InChI is InChI=1S/C9H14N2O/c1-6-3-8(4-6)9(12)11-7(2)5-10/h6-8H,3-4H2,1-2H3,(H,11,12)/t6?,7-,8?/m0/s1. The van der Waals surface area contributed by atoms with E-state index in [0.717, 1.165) is 12.8 Å². The van der Waals surface area contributed by atoms with Crippen molar-refractivity contribution in [3.63, 3.8) is 0 Å². The zero-order valence-electron chi connectivity index (χ0n) is 7.50. The van der Waals surface area contributed by atoms with Crippen molar-refractivity contribution in [2.75, 3.05) is 0 Å². The van der Waals surface area contributed by atoms with E-state index in [1.165, 1.54) is 0 Å². The molecule has 0 aromatic rings. The monoisotopic (exact) mass is 166 g/mol. The Morgan fingerprint density at radius 2 is 2.25 bits per heavy atom. The highest BCUT2D eigenvalue weighted by atomic mass is 16.1. The Hall–Kier alpha value is -1.04. The maximum absolute atomic E-state index is 11.3. The van der Waals surface area contributed by atoms with Crippen LogP contribution in [0.3, 0.4) is 0 Å². The molecule has 0 unspecified atom stereocenters. The Morgan fingerprint density at radius 3 is 2.67 bits per heavy atom. The average Bonchev–Trinajstić information content (AvgIpc) is 1.98. The predicted octanol–water partition coefficient (Wildman–Crippen LogP) is 1.06. The first-order valence-electron chi connectivity index (χ1n) is 4.33. The molecule has 0 aromatic carbocycles. The molecule has 1 aliphatic carbocycles. The van der Waals surface area contributed by atoms with Gasteiger partial charge in [0.05, 0.1) is 6.07 Å². The van der Waals surface area contributed by atoms with Crippen LogP contribution in [-0.4, -0.2) is 11.9 Å². The Morgan fingerprint density at radius 1 is 1.67 bits per heavy atom. The summed E-state index contributed by atoms with van der Waals surface area (Å²) in [6.45, 7) is 3.83. The molecule has 0 heterocycles.